The van der Waals surface area contributed by atoms with Crippen molar-refractivity contribution < 1.29 is 13.2 Å². The van der Waals surface area contributed by atoms with Gasteiger partial charge in [0.05, 0.1) is 11.3 Å². The fraction of sp³-hybridized carbons (Fsp3) is 0.286. The molecule has 0 fully saturated rings. The van der Waals surface area contributed by atoms with Crippen molar-refractivity contribution in [1.82, 2.24) is 20.3 Å². The Morgan fingerprint density at radius 3 is 2.41 bits per heavy atom. The van der Waals surface area contributed by atoms with Crippen LogP contribution in [0.15, 0.2) is 36.9 Å². The maximum absolute atomic E-state index is 11.9. The average molecular weight is 320 g/mol. The molecular weight excluding hydrogens is 304 g/mol. The number of hydrogen-bond donors (Lipinski definition) is 1. The largest absolute Gasteiger partial charge is 0.351 e. The molecule has 0 radical (unpaired) electrons. The average Bonchev–Trinajstić information content (AvgIpc) is 2.55. The molecule has 2 heterocycles. The predicted molar refractivity (Wildman–Crippen MR) is 81.9 cm³/mol. The number of rotatable bonds is 6. The first-order chi connectivity index (χ1) is 10.5. The second-order valence-corrected chi connectivity index (χ2v) is 7.00. The van der Waals surface area contributed by atoms with E-state index in [9.17, 15) is 13.2 Å². The van der Waals surface area contributed by atoms with E-state index < -0.39 is 15.7 Å². The van der Waals surface area contributed by atoms with Gasteiger partial charge in [0.25, 0.3) is 5.91 Å². The monoisotopic (exact) mass is 320 g/mol. The Kier molecular flexibility index (Phi) is 5.16. The van der Waals surface area contributed by atoms with E-state index in [4.69, 9.17) is 0 Å². The molecule has 0 unspecified atom stereocenters. The fourth-order valence-corrected chi connectivity index (χ4v) is 2.36. The lowest BCUT2D eigenvalue weighted by molar-refractivity contribution is 0.0955. The van der Waals surface area contributed by atoms with Crippen LogP contribution < -0.4 is 5.32 Å². The zero-order chi connectivity index (χ0) is 16.0. The van der Waals surface area contributed by atoms with Crippen molar-refractivity contribution in [3.05, 3.63) is 42.5 Å². The maximum Gasteiger partial charge on any atom is 0.254 e. The van der Waals surface area contributed by atoms with Gasteiger partial charge >= 0.3 is 0 Å². The topological polar surface area (TPSA) is 102 Å². The van der Waals surface area contributed by atoms with Crippen LogP contribution in [0, 0.1) is 0 Å². The van der Waals surface area contributed by atoms with Crippen molar-refractivity contribution in [2.45, 2.75) is 6.92 Å². The smallest absolute Gasteiger partial charge is 0.254 e. The van der Waals surface area contributed by atoms with E-state index in [1.54, 1.807) is 31.5 Å². The van der Waals surface area contributed by atoms with Gasteiger partial charge in [0.1, 0.15) is 0 Å². The molecule has 0 aliphatic carbocycles. The molecule has 0 aliphatic heterocycles. The van der Waals surface area contributed by atoms with E-state index in [1.165, 1.54) is 12.4 Å². The van der Waals surface area contributed by atoms with Crippen LogP contribution in [0.25, 0.3) is 11.4 Å². The van der Waals surface area contributed by atoms with Crippen LogP contribution >= 0.6 is 0 Å². The SMILES string of the molecule is CCS(=O)(=O)CCNC(=O)c1cnc(-c2ccncc2)nc1. The fourth-order valence-electron chi connectivity index (χ4n) is 1.66. The Morgan fingerprint density at radius 1 is 1.18 bits per heavy atom. The number of carbonyl (C=O) groups excluding carboxylic acids is 1. The highest BCUT2D eigenvalue weighted by Crippen LogP contribution is 2.12. The molecule has 2 aromatic heterocycles. The Morgan fingerprint density at radius 2 is 1.82 bits per heavy atom. The number of pyridine rings is 1. The molecule has 1 N–H and O–H groups in total. The molecule has 0 aliphatic rings. The highest BCUT2D eigenvalue weighted by atomic mass is 32.2. The molecule has 0 bridgehead atoms. The molecule has 0 aromatic carbocycles. The number of nitrogens with one attached hydrogen (secondary N) is 1. The molecule has 8 heteroatoms. The minimum atomic E-state index is -3.09. The molecule has 1 amide bonds. The van der Waals surface area contributed by atoms with Crippen molar-refractivity contribution in [1.29, 1.82) is 0 Å². The molecule has 0 saturated carbocycles. The van der Waals surface area contributed by atoms with Crippen LogP contribution in [0.4, 0.5) is 0 Å². The zero-order valence-electron chi connectivity index (χ0n) is 12.1. The zero-order valence-corrected chi connectivity index (χ0v) is 12.9. The highest BCUT2D eigenvalue weighted by Gasteiger charge is 2.11. The first kappa shape index (κ1) is 16.0. The summed E-state index contributed by atoms with van der Waals surface area (Å²) >= 11 is 0. The van der Waals surface area contributed by atoms with Crippen molar-refractivity contribution in [2.75, 3.05) is 18.1 Å². The van der Waals surface area contributed by atoms with E-state index in [0.717, 1.165) is 5.56 Å². The summed E-state index contributed by atoms with van der Waals surface area (Å²) in [5.74, 6) is 0.0812. The summed E-state index contributed by atoms with van der Waals surface area (Å²) in [5.41, 5.74) is 1.09. The quantitative estimate of drug-likeness (QED) is 0.840. The standard InChI is InChI=1S/C14H16N4O3S/c1-2-22(20,21)8-7-16-14(19)12-9-17-13(18-10-12)11-3-5-15-6-4-11/h3-6,9-10H,2,7-8H2,1H3,(H,16,19). The van der Waals surface area contributed by atoms with E-state index in [1.807, 2.05) is 0 Å². The van der Waals surface area contributed by atoms with Gasteiger partial charge in [-0.2, -0.15) is 0 Å². The Labute approximate surface area is 128 Å². The van der Waals surface area contributed by atoms with Crippen LogP contribution in [0.1, 0.15) is 17.3 Å². The summed E-state index contributed by atoms with van der Waals surface area (Å²) in [4.78, 5) is 24.0. The summed E-state index contributed by atoms with van der Waals surface area (Å²) < 4.78 is 22.7. The van der Waals surface area contributed by atoms with Crippen LogP contribution in [0.5, 0.6) is 0 Å². The first-order valence-corrected chi connectivity index (χ1v) is 8.55. The minimum Gasteiger partial charge on any atom is -0.351 e. The summed E-state index contributed by atoms with van der Waals surface area (Å²) in [7, 11) is -3.09. The lowest BCUT2D eigenvalue weighted by Crippen LogP contribution is -2.29. The lowest BCUT2D eigenvalue weighted by Gasteiger charge is -2.05. The molecule has 2 rings (SSSR count). The van der Waals surface area contributed by atoms with Crippen LogP contribution in [0.3, 0.4) is 0 Å². The van der Waals surface area contributed by atoms with Gasteiger partial charge in [-0.15, -0.1) is 0 Å². The Hall–Kier alpha value is -2.35. The Balaban J connectivity index is 1.97. The third kappa shape index (κ3) is 4.32. The second-order valence-electron chi connectivity index (χ2n) is 4.52. The van der Waals surface area contributed by atoms with Crippen molar-refractivity contribution in [3.63, 3.8) is 0 Å². The van der Waals surface area contributed by atoms with Gasteiger partial charge in [0, 0.05) is 42.6 Å². The molecule has 2 aromatic rings. The van der Waals surface area contributed by atoms with Crippen molar-refractivity contribution in [3.8, 4) is 11.4 Å². The number of hydrogen-bond acceptors (Lipinski definition) is 6. The minimum absolute atomic E-state index is 0.0621. The van der Waals surface area contributed by atoms with Crippen LogP contribution in [0.2, 0.25) is 0 Å². The van der Waals surface area contributed by atoms with Gasteiger partial charge in [-0.25, -0.2) is 18.4 Å². The van der Waals surface area contributed by atoms with Crippen molar-refractivity contribution in [2.24, 2.45) is 0 Å². The van der Waals surface area contributed by atoms with Gasteiger partial charge < -0.3 is 5.32 Å². The summed E-state index contributed by atoms with van der Waals surface area (Å²) in [6, 6.07) is 3.54. The molecule has 0 saturated heterocycles. The number of nitrogens with zero attached hydrogens (tertiary/aromatic N) is 3. The van der Waals surface area contributed by atoms with E-state index in [0.29, 0.717) is 5.82 Å². The van der Waals surface area contributed by atoms with Gasteiger partial charge in [-0.3, -0.25) is 9.78 Å². The molecule has 0 atom stereocenters. The van der Waals surface area contributed by atoms with E-state index in [-0.39, 0.29) is 23.6 Å². The number of aromatic nitrogens is 3. The number of sulfone groups is 1. The number of amides is 1. The van der Waals surface area contributed by atoms with Crippen LogP contribution in [-0.2, 0) is 9.84 Å². The van der Waals surface area contributed by atoms with Gasteiger partial charge in [-0.1, -0.05) is 6.92 Å². The van der Waals surface area contributed by atoms with Gasteiger partial charge in [0.2, 0.25) is 0 Å². The van der Waals surface area contributed by atoms with E-state index in [2.05, 4.69) is 20.3 Å². The predicted octanol–water partition coefficient (Wildman–Crippen LogP) is 0.703. The molecular formula is C14H16N4O3S. The molecule has 0 spiro atoms. The molecule has 116 valence electrons. The molecule has 7 nitrogen and oxygen atoms in total. The summed E-state index contributed by atoms with van der Waals surface area (Å²) in [6.07, 6.45) is 6.08. The third-order valence-electron chi connectivity index (χ3n) is 2.99. The third-order valence-corrected chi connectivity index (χ3v) is 4.70. The van der Waals surface area contributed by atoms with Crippen molar-refractivity contribution >= 4 is 15.7 Å². The Bertz CT molecular complexity index is 730. The van der Waals surface area contributed by atoms with Crippen LogP contribution in [-0.4, -0.2) is 47.3 Å². The maximum atomic E-state index is 11.9. The second kappa shape index (κ2) is 7.08. The van der Waals surface area contributed by atoms with Gasteiger partial charge in [-0.05, 0) is 12.1 Å². The highest BCUT2D eigenvalue weighted by molar-refractivity contribution is 7.91. The number of carbonyl (C=O) groups is 1. The lowest BCUT2D eigenvalue weighted by atomic mass is 10.2. The van der Waals surface area contributed by atoms with Gasteiger partial charge in [0.15, 0.2) is 15.7 Å². The molecule has 22 heavy (non-hydrogen) atoms. The normalized spacial score (nSPS) is 11.1. The summed E-state index contributed by atoms with van der Waals surface area (Å²) in [6.45, 7) is 1.64. The summed E-state index contributed by atoms with van der Waals surface area (Å²) in [5, 5.41) is 2.54. The van der Waals surface area contributed by atoms with E-state index >= 15 is 0 Å². The first-order valence-electron chi connectivity index (χ1n) is 6.73.